The van der Waals surface area contributed by atoms with E-state index in [2.05, 4.69) is 0 Å². The average molecular weight is 282 g/mol. The number of ether oxygens (including phenoxy) is 2. The summed E-state index contributed by atoms with van der Waals surface area (Å²) in [7, 11) is 2.97. The Kier molecular flexibility index (Phi) is 3.01. The molecule has 1 aliphatic carbocycles. The minimum Gasteiger partial charge on any atom is -0.493 e. The molecule has 0 atom stereocenters. The van der Waals surface area contributed by atoms with Crippen LogP contribution in [0.4, 0.5) is 0 Å². The van der Waals surface area contributed by atoms with Gasteiger partial charge in [-0.1, -0.05) is 24.3 Å². The van der Waals surface area contributed by atoms with Gasteiger partial charge in [0.2, 0.25) is 0 Å². The van der Waals surface area contributed by atoms with Gasteiger partial charge in [-0.2, -0.15) is 0 Å². The van der Waals surface area contributed by atoms with E-state index in [1.165, 1.54) is 14.2 Å². The Morgan fingerprint density at radius 1 is 0.857 bits per heavy atom. The van der Waals surface area contributed by atoms with Gasteiger partial charge in [-0.05, 0) is 18.6 Å². The second kappa shape index (κ2) is 4.74. The Morgan fingerprint density at radius 2 is 1.43 bits per heavy atom. The summed E-state index contributed by atoms with van der Waals surface area (Å²) in [6, 6.07) is 8.55. The lowest BCUT2D eigenvalue weighted by Crippen LogP contribution is -2.23. The summed E-state index contributed by atoms with van der Waals surface area (Å²) in [5.41, 5.74) is 2.23. The standard InChI is InChI=1S/C17H14O4/c1-9-8-12(20-2)17(21-3)14-13(9)15(18)10-6-4-5-7-11(10)16(14)19/h4-8H,1-3H3. The smallest absolute Gasteiger partial charge is 0.198 e. The molecule has 3 rings (SSSR count). The van der Waals surface area contributed by atoms with Crippen molar-refractivity contribution in [3.05, 3.63) is 58.1 Å². The van der Waals surface area contributed by atoms with Crippen LogP contribution in [0.25, 0.3) is 0 Å². The summed E-state index contributed by atoms with van der Waals surface area (Å²) >= 11 is 0. The molecule has 0 fully saturated rings. The van der Waals surface area contributed by atoms with Crippen LogP contribution in [-0.4, -0.2) is 25.8 Å². The molecule has 0 saturated carbocycles. The predicted molar refractivity (Wildman–Crippen MR) is 77.6 cm³/mol. The zero-order valence-corrected chi connectivity index (χ0v) is 12.0. The number of hydrogen-bond donors (Lipinski definition) is 0. The van der Waals surface area contributed by atoms with Crippen LogP contribution in [0.3, 0.4) is 0 Å². The molecule has 4 nitrogen and oxygen atoms in total. The number of benzene rings is 2. The Bertz CT molecular complexity index is 775. The minimum absolute atomic E-state index is 0.154. The first kappa shape index (κ1) is 13.4. The van der Waals surface area contributed by atoms with Crippen molar-refractivity contribution < 1.29 is 19.1 Å². The second-order valence-electron chi connectivity index (χ2n) is 4.88. The number of carbonyl (C=O) groups is 2. The monoisotopic (exact) mass is 282 g/mol. The first-order valence-electron chi connectivity index (χ1n) is 6.54. The van der Waals surface area contributed by atoms with Crippen molar-refractivity contribution in [1.29, 1.82) is 0 Å². The van der Waals surface area contributed by atoms with E-state index < -0.39 is 0 Å². The molecular formula is C17H14O4. The van der Waals surface area contributed by atoms with Crippen LogP contribution in [0.2, 0.25) is 0 Å². The fraction of sp³-hybridized carbons (Fsp3) is 0.176. The Morgan fingerprint density at radius 3 is 1.95 bits per heavy atom. The van der Waals surface area contributed by atoms with E-state index in [0.717, 1.165) is 0 Å². The largest absolute Gasteiger partial charge is 0.493 e. The summed E-state index contributed by atoms with van der Waals surface area (Å²) in [4.78, 5) is 25.5. The van der Waals surface area contributed by atoms with Gasteiger partial charge in [0.25, 0.3) is 0 Å². The highest BCUT2D eigenvalue weighted by Gasteiger charge is 2.35. The molecule has 0 amide bonds. The SMILES string of the molecule is COc1cc(C)c2c(c1OC)C(=O)c1ccccc1C2=O. The number of aryl methyl sites for hydroxylation is 1. The van der Waals surface area contributed by atoms with Crippen LogP contribution in [-0.2, 0) is 0 Å². The fourth-order valence-electron chi connectivity index (χ4n) is 2.78. The summed E-state index contributed by atoms with van der Waals surface area (Å²) in [5, 5.41) is 0. The second-order valence-corrected chi connectivity index (χ2v) is 4.88. The maximum atomic E-state index is 12.8. The van der Waals surface area contributed by atoms with E-state index in [-0.39, 0.29) is 17.1 Å². The van der Waals surface area contributed by atoms with Gasteiger partial charge < -0.3 is 9.47 Å². The van der Waals surface area contributed by atoms with Crippen molar-refractivity contribution in [3.63, 3.8) is 0 Å². The molecule has 0 aromatic heterocycles. The van der Waals surface area contributed by atoms with Crippen molar-refractivity contribution in [2.24, 2.45) is 0 Å². The van der Waals surface area contributed by atoms with Crippen LogP contribution >= 0.6 is 0 Å². The highest BCUT2D eigenvalue weighted by atomic mass is 16.5. The van der Waals surface area contributed by atoms with E-state index in [4.69, 9.17) is 9.47 Å². The first-order valence-corrected chi connectivity index (χ1v) is 6.54. The van der Waals surface area contributed by atoms with E-state index in [1.54, 1.807) is 37.3 Å². The molecule has 0 N–H and O–H groups in total. The number of rotatable bonds is 2. The molecule has 0 unspecified atom stereocenters. The fourth-order valence-corrected chi connectivity index (χ4v) is 2.78. The van der Waals surface area contributed by atoms with E-state index in [1.807, 2.05) is 0 Å². The lowest BCUT2D eigenvalue weighted by Gasteiger charge is -2.22. The van der Waals surface area contributed by atoms with Gasteiger partial charge >= 0.3 is 0 Å². The quantitative estimate of drug-likeness (QED) is 0.725. The predicted octanol–water partition coefficient (Wildman–Crippen LogP) is 2.79. The molecular weight excluding hydrogens is 268 g/mol. The third kappa shape index (κ3) is 1.76. The molecule has 0 saturated heterocycles. The van der Waals surface area contributed by atoms with Crippen LogP contribution in [0.1, 0.15) is 37.4 Å². The molecule has 2 aromatic rings. The average Bonchev–Trinajstić information content (AvgIpc) is 2.51. The lowest BCUT2D eigenvalue weighted by atomic mass is 9.81. The van der Waals surface area contributed by atoms with Crippen molar-refractivity contribution in [2.75, 3.05) is 14.2 Å². The number of ketones is 2. The number of fused-ring (bicyclic) bond motifs is 2. The molecule has 21 heavy (non-hydrogen) atoms. The third-order valence-electron chi connectivity index (χ3n) is 3.74. The first-order chi connectivity index (χ1) is 10.1. The molecule has 0 heterocycles. The molecule has 2 aromatic carbocycles. The summed E-state index contributed by atoms with van der Waals surface area (Å²) in [6.07, 6.45) is 0. The van der Waals surface area contributed by atoms with Crippen LogP contribution in [0.15, 0.2) is 30.3 Å². The molecule has 1 aliphatic rings. The van der Waals surface area contributed by atoms with Crippen molar-refractivity contribution in [2.45, 2.75) is 6.92 Å². The topological polar surface area (TPSA) is 52.6 Å². The zero-order chi connectivity index (χ0) is 15.1. The van der Waals surface area contributed by atoms with Crippen molar-refractivity contribution in [1.82, 2.24) is 0 Å². The normalized spacial score (nSPS) is 12.7. The minimum atomic E-state index is -0.209. The molecule has 0 radical (unpaired) electrons. The summed E-state index contributed by atoms with van der Waals surface area (Å²) in [5.74, 6) is 0.401. The highest BCUT2D eigenvalue weighted by Crippen LogP contribution is 2.40. The van der Waals surface area contributed by atoms with Gasteiger partial charge in [0.05, 0.1) is 19.8 Å². The molecule has 106 valence electrons. The van der Waals surface area contributed by atoms with E-state index >= 15 is 0 Å². The van der Waals surface area contributed by atoms with Gasteiger partial charge in [-0.15, -0.1) is 0 Å². The van der Waals surface area contributed by atoms with Gasteiger partial charge in [-0.25, -0.2) is 0 Å². The van der Waals surface area contributed by atoms with Gasteiger partial charge in [0.1, 0.15) is 0 Å². The number of hydrogen-bond acceptors (Lipinski definition) is 4. The maximum absolute atomic E-state index is 12.8. The summed E-state index contributed by atoms with van der Waals surface area (Å²) < 4.78 is 10.6. The third-order valence-corrected chi connectivity index (χ3v) is 3.74. The lowest BCUT2D eigenvalue weighted by molar-refractivity contribution is 0.0975. The van der Waals surface area contributed by atoms with E-state index in [9.17, 15) is 9.59 Å². The summed E-state index contributed by atoms with van der Waals surface area (Å²) in [6.45, 7) is 1.79. The van der Waals surface area contributed by atoms with E-state index in [0.29, 0.717) is 33.8 Å². The van der Waals surface area contributed by atoms with Crippen LogP contribution < -0.4 is 9.47 Å². The van der Waals surface area contributed by atoms with Crippen LogP contribution in [0.5, 0.6) is 11.5 Å². The maximum Gasteiger partial charge on any atom is 0.198 e. The van der Waals surface area contributed by atoms with Crippen molar-refractivity contribution >= 4 is 11.6 Å². The molecule has 0 spiro atoms. The number of methoxy groups -OCH3 is 2. The Labute approximate surface area is 122 Å². The highest BCUT2D eigenvalue weighted by molar-refractivity contribution is 6.30. The van der Waals surface area contributed by atoms with Gasteiger partial charge in [0, 0.05) is 16.7 Å². The molecule has 0 aliphatic heterocycles. The van der Waals surface area contributed by atoms with Crippen LogP contribution in [0, 0.1) is 6.92 Å². The number of carbonyl (C=O) groups excluding carboxylic acids is 2. The Balaban J connectivity index is 2.40. The molecule has 0 bridgehead atoms. The van der Waals surface area contributed by atoms with Gasteiger partial charge in [-0.3, -0.25) is 9.59 Å². The Hall–Kier alpha value is -2.62. The molecule has 4 heteroatoms. The van der Waals surface area contributed by atoms with Gasteiger partial charge in [0.15, 0.2) is 23.1 Å². The zero-order valence-electron chi connectivity index (χ0n) is 12.0. The van der Waals surface area contributed by atoms with Crippen molar-refractivity contribution in [3.8, 4) is 11.5 Å².